The first-order valence-corrected chi connectivity index (χ1v) is 9.81. The molecule has 0 saturated carbocycles. The van der Waals surface area contributed by atoms with Crippen LogP contribution in [0.3, 0.4) is 0 Å². The second-order valence-electron chi connectivity index (χ2n) is 7.28. The first-order chi connectivity index (χ1) is 13.1. The van der Waals surface area contributed by atoms with Crippen molar-refractivity contribution in [2.75, 3.05) is 13.1 Å². The average molecular weight is 388 g/mol. The van der Waals surface area contributed by atoms with E-state index in [1.807, 2.05) is 11.0 Å². The Kier molecular flexibility index (Phi) is 5.43. The Balaban J connectivity index is 1.59. The highest BCUT2D eigenvalue weighted by Crippen LogP contribution is 2.32. The highest BCUT2D eigenvalue weighted by Gasteiger charge is 2.40. The van der Waals surface area contributed by atoms with Crippen molar-refractivity contribution in [1.29, 1.82) is 0 Å². The van der Waals surface area contributed by atoms with E-state index in [0.29, 0.717) is 17.1 Å². The van der Waals surface area contributed by atoms with Crippen LogP contribution in [0.5, 0.6) is 0 Å². The second-order valence-corrected chi connectivity index (χ2v) is 7.72. The fraction of sp³-hybridized carbons (Fsp3) is 0.381. The van der Waals surface area contributed by atoms with Crippen LogP contribution in [0, 0.1) is 5.82 Å². The molecule has 4 nitrogen and oxygen atoms in total. The zero-order valence-corrected chi connectivity index (χ0v) is 15.8. The lowest BCUT2D eigenvalue weighted by atomic mass is 9.84. The minimum atomic E-state index is -0.226. The molecule has 3 unspecified atom stereocenters. The van der Waals surface area contributed by atoms with Crippen molar-refractivity contribution in [2.45, 2.75) is 37.3 Å². The molecule has 2 aromatic rings. The molecule has 0 spiro atoms. The van der Waals surface area contributed by atoms with Crippen LogP contribution in [0.1, 0.15) is 41.1 Å². The van der Waals surface area contributed by atoms with Gasteiger partial charge in [0.25, 0.3) is 5.91 Å². The summed E-state index contributed by atoms with van der Waals surface area (Å²) < 4.78 is 13.7. The number of piperidine rings is 1. The Labute approximate surface area is 163 Å². The summed E-state index contributed by atoms with van der Waals surface area (Å²) in [6.45, 7) is 1.45. The van der Waals surface area contributed by atoms with Gasteiger partial charge in [-0.25, -0.2) is 4.39 Å². The molecule has 2 N–H and O–H groups in total. The van der Waals surface area contributed by atoms with Gasteiger partial charge in [0.1, 0.15) is 5.82 Å². The van der Waals surface area contributed by atoms with Crippen LogP contribution in [0.2, 0.25) is 5.02 Å². The summed E-state index contributed by atoms with van der Waals surface area (Å²) in [6.07, 6.45) is 3.02. The zero-order chi connectivity index (χ0) is 18.8. The highest BCUT2D eigenvalue weighted by atomic mass is 35.5. The van der Waals surface area contributed by atoms with Crippen molar-refractivity contribution in [3.8, 4) is 0 Å². The summed E-state index contributed by atoms with van der Waals surface area (Å²) in [4.78, 5) is 15.1. The number of nitrogens with one attached hydrogen (secondary N) is 2. The van der Waals surface area contributed by atoms with E-state index < -0.39 is 0 Å². The van der Waals surface area contributed by atoms with E-state index in [9.17, 15) is 9.18 Å². The van der Waals surface area contributed by atoms with E-state index in [0.717, 1.165) is 31.4 Å². The molecule has 6 heteroatoms. The van der Waals surface area contributed by atoms with Gasteiger partial charge >= 0.3 is 0 Å². The number of rotatable bonds is 3. The molecule has 2 aromatic carbocycles. The van der Waals surface area contributed by atoms with Crippen LogP contribution in [0.15, 0.2) is 48.5 Å². The smallest absolute Gasteiger partial charge is 0.254 e. The first kappa shape index (κ1) is 18.4. The Hall–Kier alpha value is -1.95. The summed E-state index contributed by atoms with van der Waals surface area (Å²) in [6, 6.07) is 13.9. The number of carbonyl (C=O) groups is 1. The van der Waals surface area contributed by atoms with Crippen LogP contribution in [0.25, 0.3) is 0 Å². The van der Waals surface area contributed by atoms with Crippen molar-refractivity contribution >= 4 is 17.5 Å². The van der Waals surface area contributed by atoms with Gasteiger partial charge < -0.3 is 4.90 Å². The van der Waals surface area contributed by atoms with Gasteiger partial charge in [0, 0.05) is 41.7 Å². The van der Waals surface area contributed by atoms with Crippen molar-refractivity contribution in [3.63, 3.8) is 0 Å². The number of hydrogen-bond acceptors (Lipinski definition) is 3. The van der Waals surface area contributed by atoms with Gasteiger partial charge in [-0.05, 0) is 61.2 Å². The second kappa shape index (κ2) is 7.97. The maximum Gasteiger partial charge on any atom is 0.254 e. The van der Waals surface area contributed by atoms with E-state index in [2.05, 4.69) is 10.9 Å². The van der Waals surface area contributed by atoms with Gasteiger partial charge in [0.05, 0.1) is 0 Å². The maximum absolute atomic E-state index is 13.7. The molecule has 0 radical (unpaired) electrons. The SMILES string of the molecule is O=C(c1ccc(Cl)cc1)N1CCCCC1C1NNCC1c1cccc(F)c1. The van der Waals surface area contributed by atoms with Crippen LogP contribution in [-0.4, -0.2) is 36.0 Å². The van der Waals surface area contributed by atoms with Gasteiger partial charge in [0.15, 0.2) is 0 Å². The van der Waals surface area contributed by atoms with Gasteiger partial charge in [-0.3, -0.25) is 15.6 Å². The summed E-state index contributed by atoms with van der Waals surface area (Å²) in [7, 11) is 0. The standard InChI is InChI=1S/C21H23ClFN3O/c22-16-9-7-14(8-10-16)21(27)26-11-2-1-6-19(26)20-18(13-24-25-20)15-4-3-5-17(23)12-15/h3-5,7-10,12,18-20,24-25H,1-2,6,11,13H2. The minimum absolute atomic E-state index is 0.0306. The summed E-state index contributed by atoms with van der Waals surface area (Å²) in [5.74, 6) is -0.0803. The lowest BCUT2D eigenvalue weighted by Gasteiger charge is -2.41. The summed E-state index contributed by atoms with van der Waals surface area (Å²) in [5, 5.41) is 0.620. The molecule has 3 atom stereocenters. The van der Waals surface area contributed by atoms with Gasteiger partial charge in [-0.2, -0.15) is 0 Å². The molecule has 0 bridgehead atoms. The van der Waals surface area contributed by atoms with E-state index >= 15 is 0 Å². The monoisotopic (exact) mass is 387 g/mol. The molecule has 27 heavy (non-hydrogen) atoms. The lowest BCUT2D eigenvalue weighted by Crippen LogP contribution is -2.55. The molecular formula is C21H23ClFN3O. The van der Waals surface area contributed by atoms with Gasteiger partial charge in [-0.1, -0.05) is 23.7 Å². The predicted octanol–water partition coefficient (Wildman–Crippen LogP) is 3.73. The topological polar surface area (TPSA) is 44.4 Å². The normalized spacial score (nSPS) is 25.6. The number of nitrogens with zero attached hydrogens (tertiary/aromatic N) is 1. The third-order valence-corrected chi connectivity index (χ3v) is 5.87. The number of benzene rings is 2. The summed E-state index contributed by atoms with van der Waals surface area (Å²) >= 11 is 5.96. The quantitative estimate of drug-likeness (QED) is 0.843. The number of hydrazine groups is 1. The number of carbonyl (C=O) groups excluding carboxylic acids is 1. The number of likely N-dealkylation sites (tertiary alicyclic amines) is 1. The fourth-order valence-electron chi connectivity index (χ4n) is 4.28. The van der Waals surface area contributed by atoms with Crippen molar-refractivity contribution < 1.29 is 9.18 Å². The van der Waals surface area contributed by atoms with Crippen LogP contribution in [-0.2, 0) is 0 Å². The molecule has 0 aromatic heterocycles. The van der Waals surface area contributed by atoms with E-state index in [1.54, 1.807) is 36.4 Å². The zero-order valence-electron chi connectivity index (χ0n) is 15.0. The Bertz CT molecular complexity index is 813. The summed E-state index contributed by atoms with van der Waals surface area (Å²) in [5.41, 5.74) is 8.18. The third kappa shape index (κ3) is 3.86. The van der Waals surface area contributed by atoms with E-state index in [-0.39, 0.29) is 29.7 Å². The Morgan fingerprint density at radius 2 is 1.96 bits per heavy atom. The average Bonchev–Trinajstić information content (AvgIpc) is 3.18. The predicted molar refractivity (Wildman–Crippen MR) is 104 cm³/mol. The first-order valence-electron chi connectivity index (χ1n) is 9.44. The Morgan fingerprint density at radius 1 is 1.15 bits per heavy atom. The number of halogens is 2. The fourth-order valence-corrected chi connectivity index (χ4v) is 4.41. The van der Waals surface area contributed by atoms with Crippen LogP contribution < -0.4 is 10.9 Å². The van der Waals surface area contributed by atoms with Crippen LogP contribution >= 0.6 is 11.6 Å². The molecule has 142 valence electrons. The molecule has 1 amide bonds. The number of amides is 1. The van der Waals surface area contributed by atoms with Crippen molar-refractivity contribution in [1.82, 2.24) is 15.8 Å². The maximum atomic E-state index is 13.7. The number of hydrogen-bond donors (Lipinski definition) is 2. The largest absolute Gasteiger partial charge is 0.334 e. The van der Waals surface area contributed by atoms with E-state index in [1.165, 1.54) is 6.07 Å². The molecule has 2 aliphatic heterocycles. The third-order valence-electron chi connectivity index (χ3n) is 5.62. The highest BCUT2D eigenvalue weighted by molar-refractivity contribution is 6.30. The molecule has 0 aliphatic carbocycles. The van der Waals surface area contributed by atoms with Crippen molar-refractivity contribution in [3.05, 3.63) is 70.5 Å². The van der Waals surface area contributed by atoms with Crippen molar-refractivity contribution in [2.24, 2.45) is 0 Å². The van der Waals surface area contributed by atoms with E-state index in [4.69, 9.17) is 11.6 Å². The molecular weight excluding hydrogens is 365 g/mol. The Morgan fingerprint density at radius 3 is 2.74 bits per heavy atom. The molecule has 2 saturated heterocycles. The minimum Gasteiger partial charge on any atom is -0.334 e. The molecule has 2 aliphatic rings. The molecule has 2 heterocycles. The van der Waals surface area contributed by atoms with Gasteiger partial charge in [-0.15, -0.1) is 0 Å². The molecule has 2 fully saturated rings. The van der Waals surface area contributed by atoms with Gasteiger partial charge in [0.2, 0.25) is 0 Å². The lowest BCUT2D eigenvalue weighted by molar-refractivity contribution is 0.0550. The van der Waals surface area contributed by atoms with Crippen LogP contribution in [0.4, 0.5) is 4.39 Å². The molecule has 4 rings (SSSR count).